The van der Waals surface area contributed by atoms with Crippen molar-refractivity contribution in [1.82, 2.24) is 0 Å². The third-order valence-corrected chi connectivity index (χ3v) is 5.10. The molecule has 1 unspecified atom stereocenters. The number of benzene rings is 1. The molecule has 0 aliphatic heterocycles. The van der Waals surface area contributed by atoms with Crippen LogP contribution in [0, 0.1) is 0 Å². The summed E-state index contributed by atoms with van der Waals surface area (Å²) in [7, 11) is 1.47. The number of carbonyl (C=O) groups is 1. The van der Waals surface area contributed by atoms with E-state index in [-0.39, 0.29) is 16.6 Å². The zero-order valence-electron chi connectivity index (χ0n) is 14.6. The van der Waals surface area contributed by atoms with Crippen molar-refractivity contribution in [3.05, 3.63) is 35.4 Å². The summed E-state index contributed by atoms with van der Waals surface area (Å²) in [6.45, 7) is 8.80. The SMILES string of the molecule is CCCCCCSC(C(=O)OC)c1ccc(C(C)(C)C)cc1. The summed E-state index contributed by atoms with van der Waals surface area (Å²) in [5.41, 5.74) is 2.46. The van der Waals surface area contributed by atoms with Crippen LogP contribution in [-0.4, -0.2) is 18.8 Å². The summed E-state index contributed by atoms with van der Waals surface area (Å²) in [4.78, 5) is 12.1. The van der Waals surface area contributed by atoms with E-state index in [9.17, 15) is 4.79 Å². The van der Waals surface area contributed by atoms with Crippen molar-refractivity contribution >= 4 is 17.7 Å². The molecule has 0 aromatic heterocycles. The predicted molar refractivity (Wildman–Crippen MR) is 96.5 cm³/mol. The fourth-order valence-electron chi connectivity index (χ4n) is 2.30. The highest BCUT2D eigenvalue weighted by Crippen LogP contribution is 2.32. The van der Waals surface area contributed by atoms with Gasteiger partial charge in [-0.25, -0.2) is 0 Å². The molecule has 0 saturated heterocycles. The third-order valence-electron chi connectivity index (χ3n) is 3.78. The molecule has 0 aliphatic carbocycles. The number of unbranched alkanes of at least 4 members (excludes halogenated alkanes) is 3. The molecule has 0 radical (unpaired) electrons. The summed E-state index contributed by atoms with van der Waals surface area (Å²) in [5, 5.41) is -0.208. The first kappa shape index (κ1) is 19.1. The van der Waals surface area contributed by atoms with E-state index in [2.05, 4.69) is 52.0 Å². The first-order chi connectivity index (χ1) is 10.4. The van der Waals surface area contributed by atoms with Crippen molar-refractivity contribution in [1.29, 1.82) is 0 Å². The Balaban J connectivity index is 2.73. The molecular weight excluding hydrogens is 292 g/mol. The molecule has 1 aromatic rings. The molecule has 1 aromatic carbocycles. The quantitative estimate of drug-likeness (QED) is 0.466. The minimum absolute atomic E-state index is 0.132. The zero-order chi connectivity index (χ0) is 16.6. The largest absolute Gasteiger partial charge is 0.468 e. The van der Waals surface area contributed by atoms with Crippen molar-refractivity contribution in [3.63, 3.8) is 0 Å². The molecule has 0 spiro atoms. The Morgan fingerprint density at radius 2 is 1.77 bits per heavy atom. The fourth-order valence-corrected chi connectivity index (χ4v) is 3.48. The Morgan fingerprint density at radius 1 is 1.14 bits per heavy atom. The zero-order valence-corrected chi connectivity index (χ0v) is 15.5. The monoisotopic (exact) mass is 322 g/mol. The molecule has 0 fully saturated rings. The molecule has 0 heterocycles. The van der Waals surface area contributed by atoms with E-state index >= 15 is 0 Å². The van der Waals surface area contributed by atoms with Gasteiger partial charge in [-0.3, -0.25) is 4.79 Å². The second kappa shape index (κ2) is 9.24. The van der Waals surface area contributed by atoms with Crippen LogP contribution in [-0.2, 0) is 14.9 Å². The third kappa shape index (κ3) is 6.04. The van der Waals surface area contributed by atoms with Gasteiger partial charge < -0.3 is 4.74 Å². The van der Waals surface area contributed by atoms with Crippen LogP contribution < -0.4 is 0 Å². The topological polar surface area (TPSA) is 26.3 Å². The lowest BCUT2D eigenvalue weighted by Crippen LogP contribution is -2.14. The van der Waals surface area contributed by atoms with Gasteiger partial charge in [0, 0.05) is 0 Å². The maximum absolute atomic E-state index is 12.1. The van der Waals surface area contributed by atoms with Gasteiger partial charge in [0.05, 0.1) is 7.11 Å². The number of rotatable bonds is 8. The molecule has 0 aliphatic rings. The Bertz CT molecular complexity index is 445. The number of methoxy groups -OCH3 is 1. The van der Waals surface area contributed by atoms with Gasteiger partial charge in [0.15, 0.2) is 0 Å². The van der Waals surface area contributed by atoms with Crippen molar-refractivity contribution in [2.75, 3.05) is 12.9 Å². The summed E-state index contributed by atoms with van der Waals surface area (Å²) in [5.74, 6) is 0.852. The first-order valence-corrected chi connectivity index (χ1v) is 9.25. The van der Waals surface area contributed by atoms with E-state index in [0.717, 1.165) is 17.7 Å². The maximum Gasteiger partial charge on any atom is 0.323 e. The minimum atomic E-state index is -0.208. The van der Waals surface area contributed by atoms with Crippen molar-refractivity contribution < 1.29 is 9.53 Å². The summed E-state index contributed by atoms with van der Waals surface area (Å²) < 4.78 is 4.98. The minimum Gasteiger partial charge on any atom is -0.468 e. The Kier molecular flexibility index (Phi) is 8.02. The van der Waals surface area contributed by atoms with E-state index < -0.39 is 0 Å². The highest BCUT2D eigenvalue weighted by Gasteiger charge is 2.22. The lowest BCUT2D eigenvalue weighted by molar-refractivity contribution is -0.140. The van der Waals surface area contributed by atoms with Gasteiger partial charge in [0.25, 0.3) is 0 Å². The average Bonchev–Trinajstić information content (AvgIpc) is 2.49. The molecule has 1 atom stereocenters. The second-order valence-electron chi connectivity index (χ2n) is 6.71. The van der Waals surface area contributed by atoms with Gasteiger partial charge in [0.2, 0.25) is 0 Å². The van der Waals surface area contributed by atoms with E-state index in [1.165, 1.54) is 31.9 Å². The van der Waals surface area contributed by atoms with Gasteiger partial charge >= 0.3 is 5.97 Å². The summed E-state index contributed by atoms with van der Waals surface area (Å²) in [6, 6.07) is 8.40. The van der Waals surface area contributed by atoms with E-state index in [1.54, 1.807) is 11.8 Å². The molecule has 0 N–H and O–H groups in total. The van der Waals surface area contributed by atoms with Crippen LogP contribution >= 0.6 is 11.8 Å². The number of esters is 1. The van der Waals surface area contributed by atoms with E-state index in [4.69, 9.17) is 4.74 Å². The molecule has 1 rings (SSSR count). The van der Waals surface area contributed by atoms with Crippen LogP contribution in [0.5, 0.6) is 0 Å². The number of ether oxygens (including phenoxy) is 1. The number of carbonyl (C=O) groups excluding carboxylic acids is 1. The first-order valence-electron chi connectivity index (χ1n) is 8.20. The highest BCUT2D eigenvalue weighted by atomic mass is 32.2. The van der Waals surface area contributed by atoms with Gasteiger partial charge in [-0.1, -0.05) is 71.2 Å². The lowest BCUT2D eigenvalue weighted by Gasteiger charge is -2.20. The standard InChI is InChI=1S/C19H30O2S/c1-6-7-8-9-14-22-17(18(20)21-5)15-10-12-16(13-11-15)19(2,3)4/h10-13,17H,6-9,14H2,1-5H3. The van der Waals surface area contributed by atoms with Gasteiger partial charge in [0.1, 0.15) is 5.25 Å². The molecule has 0 amide bonds. The summed E-state index contributed by atoms with van der Waals surface area (Å²) >= 11 is 1.70. The van der Waals surface area contributed by atoms with E-state index in [1.807, 2.05) is 0 Å². The van der Waals surface area contributed by atoms with Gasteiger partial charge in [-0.05, 0) is 28.7 Å². The van der Waals surface area contributed by atoms with Gasteiger partial charge in [-0.2, -0.15) is 0 Å². The molecule has 0 saturated carbocycles. The van der Waals surface area contributed by atoms with E-state index in [0.29, 0.717) is 0 Å². The maximum atomic E-state index is 12.1. The van der Waals surface area contributed by atoms with Crippen molar-refractivity contribution in [3.8, 4) is 0 Å². The fraction of sp³-hybridized carbons (Fsp3) is 0.632. The van der Waals surface area contributed by atoms with Crippen LogP contribution in [0.2, 0.25) is 0 Å². The van der Waals surface area contributed by atoms with Crippen molar-refractivity contribution in [2.45, 2.75) is 64.0 Å². The van der Waals surface area contributed by atoms with Crippen LogP contribution in [0.4, 0.5) is 0 Å². The Labute approximate surface area is 140 Å². The molecule has 22 heavy (non-hydrogen) atoms. The van der Waals surface area contributed by atoms with Gasteiger partial charge in [-0.15, -0.1) is 11.8 Å². The van der Waals surface area contributed by atoms with Crippen LogP contribution in [0.15, 0.2) is 24.3 Å². The number of hydrogen-bond acceptors (Lipinski definition) is 3. The molecular formula is C19H30O2S. The normalized spacial score (nSPS) is 13.0. The second-order valence-corrected chi connectivity index (χ2v) is 7.92. The van der Waals surface area contributed by atoms with Crippen LogP contribution in [0.1, 0.15) is 69.8 Å². The Morgan fingerprint density at radius 3 is 2.27 bits per heavy atom. The highest BCUT2D eigenvalue weighted by molar-refractivity contribution is 8.00. The molecule has 124 valence electrons. The predicted octanol–water partition coefficient (Wildman–Crippen LogP) is 5.51. The molecule has 2 nitrogen and oxygen atoms in total. The van der Waals surface area contributed by atoms with Crippen LogP contribution in [0.25, 0.3) is 0 Å². The number of hydrogen-bond donors (Lipinski definition) is 0. The molecule has 3 heteroatoms. The lowest BCUT2D eigenvalue weighted by atomic mass is 9.86. The van der Waals surface area contributed by atoms with Crippen LogP contribution in [0.3, 0.4) is 0 Å². The number of thioether (sulfide) groups is 1. The molecule has 0 bridgehead atoms. The summed E-state index contributed by atoms with van der Waals surface area (Å²) in [6.07, 6.45) is 4.90. The smallest absolute Gasteiger partial charge is 0.323 e. The Hall–Kier alpha value is -0.960. The average molecular weight is 323 g/mol. The van der Waals surface area contributed by atoms with Crippen molar-refractivity contribution in [2.24, 2.45) is 0 Å².